The van der Waals surface area contributed by atoms with Crippen molar-refractivity contribution >= 4 is 39.1 Å². The number of Topliss-reactive ketones (excluding diaryl/α,β-unsaturated/α-hetero) is 1. The molecule has 33 heavy (non-hydrogen) atoms. The van der Waals surface area contributed by atoms with Gasteiger partial charge in [-0.05, 0) is 55.0 Å². The zero-order chi connectivity index (χ0) is 23.1. The molecule has 0 bridgehead atoms. The highest BCUT2D eigenvalue weighted by Gasteiger charge is 2.25. The molecule has 2 N–H and O–H groups in total. The molecule has 1 atom stereocenters. The fraction of sp³-hybridized carbons (Fsp3) is 0.240. The molecule has 0 saturated carbocycles. The van der Waals surface area contributed by atoms with E-state index in [9.17, 15) is 19.8 Å². The summed E-state index contributed by atoms with van der Waals surface area (Å²) in [5.41, 5.74) is 1.83. The highest BCUT2D eigenvalue weighted by Crippen LogP contribution is 2.37. The van der Waals surface area contributed by atoms with Gasteiger partial charge in [0.05, 0.1) is 22.4 Å². The van der Waals surface area contributed by atoms with Crippen molar-refractivity contribution in [2.45, 2.75) is 31.3 Å². The standard InChI is InChI=1S/C25H22N2O4S2/c1-14-7-9-18-21(11-14)33-23-22(18)24(31)27(15-5-3-2-4-6-15)25(26-23)32-13-20(30)17-10-8-16(28)12-19(17)29/h2-6,8,10,12,14,28-29H,7,9,11,13H2,1H3/t14-/m1/s1. The lowest BCUT2D eigenvalue weighted by molar-refractivity contribution is 0.102. The largest absolute Gasteiger partial charge is 0.508 e. The Labute approximate surface area is 198 Å². The molecule has 1 aliphatic rings. The molecule has 2 heterocycles. The zero-order valence-electron chi connectivity index (χ0n) is 17.9. The number of hydrogen-bond donors (Lipinski definition) is 2. The number of benzene rings is 2. The SMILES string of the molecule is C[C@@H]1CCc2c(sc3nc(SCC(=O)c4ccc(O)cc4O)n(-c4ccccc4)c(=O)c23)C1. The smallest absolute Gasteiger partial charge is 0.267 e. The Bertz CT molecular complexity index is 1430. The topological polar surface area (TPSA) is 92.4 Å². The molecule has 0 aliphatic heterocycles. The minimum absolute atomic E-state index is 0.00869. The Morgan fingerprint density at radius 3 is 2.76 bits per heavy atom. The third-order valence-corrected chi connectivity index (χ3v) is 8.01. The van der Waals surface area contributed by atoms with Gasteiger partial charge in [-0.1, -0.05) is 36.9 Å². The average Bonchev–Trinajstić information content (AvgIpc) is 3.15. The maximum atomic E-state index is 13.7. The molecule has 5 rings (SSSR count). The van der Waals surface area contributed by atoms with E-state index >= 15 is 0 Å². The van der Waals surface area contributed by atoms with E-state index in [-0.39, 0.29) is 34.2 Å². The maximum absolute atomic E-state index is 13.7. The summed E-state index contributed by atoms with van der Waals surface area (Å²) < 4.78 is 1.59. The first-order valence-corrected chi connectivity index (χ1v) is 12.5. The Balaban J connectivity index is 1.58. The number of ketones is 1. The lowest BCUT2D eigenvalue weighted by atomic mass is 9.89. The molecule has 2 aromatic carbocycles. The van der Waals surface area contributed by atoms with Gasteiger partial charge in [-0.3, -0.25) is 14.2 Å². The minimum Gasteiger partial charge on any atom is -0.508 e. The number of nitrogens with zero attached hydrogens (tertiary/aromatic N) is 2. The van der Waals surface area contributed by atoms with Crippen molar-refractivity contribution in [2.75, 3.05) is 5.75 Å². The molecular formula is C25H22N2O4S2. The van der Waals surface area contributed by atoms with Crippen LogP contribution < -0.4 is 5.56 Å². The summed E-state index contributed by atoms with van der Waals surface area (Å²) in [5.74, 6) is -0.120. The minimum atomic E-state index is -0.314. The molecule has 2 aromatic heterocycles. The Kier molecular flexibility index (Phi) is 5.72. The number of phenols is 2. The van der Waals surface area contributed by atoms with Crippen molar-refractivity contribution in [3.8, 4) is 17.2 Å². The van der Waals surface area contributed by atoms with Gasteiger partial charge < -0.3 is 10.2 Å². The summed E-state index contributed by atoms with van der Waals surface area (Å²) >= 11 is 2.75. The van der Waals surface area contributed by atoms with E-state index in [4.69, 9.17) is 4.98 Å². The Morgan fingerprint density at radius 1 is 1.21 bits per heavy atom. The number of hydrogen-bond acceptors (Lipinski definition) is 7. The van der Waals surface area contributed by atoms with Crippen LogP contribution in [0.2, 0.25) is 0 Å². The number of aromatic hydroxyl groups is 2. The summed E-state index contributed by atoms with van der Waals surface area (Å²) in [4.78, 5) is 33.3. The first-order valence-electron chi connectivity index (χ1n) is 10.7. The number of phenolic OH excluding ortho intramolecular Hbond substituents is 2. The average molecular weight is 479 g/mol. The van der Waals surface area contributed by atoms with E-state index in [1.165, 1.54) is 28.8 Å². The van der Waals surface area contributed by atoms with Crippen molar-refractivity contribution in [2.24, 2.45) is 5.92 Å². The third kappa shape index (κ3) is 4.05. The van der Waals surface area contributed by atoms with Crippen molar-refractivity contribution in [3.63, 3.8) is 0 Å². The highest BCUT2D eigenvalue weighted by atomic mass is 32.2. The summed E-state index contributed by atoms with van der Waals surface area (Å²) in [6.07, 6.45) is 2.90. The van der Waals surface area contributed by atoms with E-state index < -0.39 is 0 Å². The van der Waals surface area contributed by atoms with Crippen LogP contribution in [-0.2, 0) is 12.8 Å². The first-order chi connectivity index (χ1) is 15.9. The van der Waals surface area contributed by atoms with Crippen LogP contribution in [0.25, 0.3) is 15.9 Å². The summed E-state index contributed by atoms with van der Waals surface area (Å²) in [6.45, 7) is 2.23. The predicted octanol–water partition coefficient (Wildman–Crippen LogP) is 4.96. The first kappa shape index (κ1) is 21.7. The van der Waals surface area contributed by atoms with Crippen LogP contribution in [0.3, 0.4) is 0 Å². The molecule has 0 fully saturated rings. The van der Waals surface area contributed by atoms with E-state index in [1.807, 2.05) is 30.3 Å². The number of carbonyl (C=O) groups excluding carboxylic acids is 1. The molecule has 0 amide bonds. The van der Waals surface area contributed by atoms with Crippen molar-refractivity contribution in [1.29, 1.82) is 0 Å². The van der Waals surface area contributed by atoms with Gasteiger partial charge in [0.1, 0.15) is 16.3 Å². The Hall–Kier alpha value is -3.10. The van der Waals surface area contributed by atoms with Crippen LogP contribution in [0.15, 0.2) is 58.5 Å². The van der Waals surface area contributed by atoms with Crippen molar-refractivity contribution in [1.82, 2.24) is 9.55 Å². The summed E-state index contributed by atoms with van der Waals surface area (Å²) in [5, 5.41) is 20.6. The molecule has 0 radical (unpaired) electrons. The van der Waals surface area contributed by atoms with E-state index in [2.05, 4.69) is 6.92 Å². The Morgan fingerprint density at radius 2 is 2.00 bits per heavy atom. The van der Waals surface area contributed by atoms with Crippen LogP contribution in [0.1, 0.15) is 34.1 Å². The number of thioether (sulfide) groups is 1. The second-order valence-electron chi connectivity index (χ2n) is 8.32. The molecule has 1 aliphatic carbocycles. The second-order valence-corrected chi connectivity index (χ2v) is 10.3. The lowest BCUT2D eigenvalue weighted by Gasteiger charge is -2.17. The second kappa shape index (κ2) is 8.68. The number of thiophene rings is 1. The number of fused-ring (bicyclic) bond motifs is 3. The van der Waals surface area contributed by atoms with E-state index in [1.54, 1.807) is 15.9 Å². The van der Waals surface area contributed by atoms with Crippen LogP contribution in [0.4, 0.5) is 0 Å². The molecule has 6 nitrogen and oxygen atoms in total. The summed E-state index contributed by atoms with van der Waals surface area (Å²) in [6, 6.07) is 13.2. The monoisotopic (exact) mass is 478 g/mol. The van der Waals surface area contributed by atoms with Gasteiger partial charge >= 0.3 is 0 Å². The lowest BCUT2D eigenvalue weighted by Crippen LogP contribution is -2.23. The van der Waals surface area contributed by atoms with Crippen LogP contribution in [0.5, 0.6) is 11.5 Å². The van der Waals surface area contributed by atoms with Gasteiger partial charge in [0.15, 0.2) is 10.9 Å². The quantitative estimate of drug-likeness (QED) is 0.239. The van der Waals surface area contributed by atoms with Crippen molar-refractivity contribution in [3.05, 3.63) is 74.9 Å². The molecule has 168 valence electrons. The molecule has 4 aromatic rings. The van der Waals surface area contributed by atoms with Gasteiger partial charge in [-0.2, -0.15) is 0 Å². The number of aromatic nitrogens is 2. The fourth-order valence-corrected chi connectivity index (χ4v) is 6.56. The van der Waals surface area contributed by atoms with E-state index in [0.717, 1.165) is 30.9 Å². The zero-order valence-corrected chi connectivity index (χ0v) is 19.6. The number of rotatable bonds is 5. The predicted molar refractivity (Wildman–Crippen MR) is 131 cm³/mol. The van der Waals surface area contributed by atoms with Gasteiger partial charge in [0.25, 0.3) is 5.56 Å². The molecule has 0 spiro atoms. The van der Waals surface area contributed by atoms with Gasteiger partial charge in [-0.25, -0.2) is 4.98 Å². The van der Waals surface area contributed by atoms with Gasteiger partial charge in [0.2, 0.25) is 0 Å². The highest BCUT2D eigenvalue weighted by molar-refractivity contribution is 7.99. The van der Waals surface area contributed by atoms with Gasteiger partial charge in [0, 0.05) is 10.9 Å². The molecule has 8 heteroatoms. The van der Waals surface area contributed by atoms with E-state index in [0.29, 0.717) is 27.0 Å². The maximum Gasteiger partial charge on any atom is 0.267 e. The van der Waals surface area contributed by atoms with Crippen LogP contribution in [0, 0.1) is 5.92 Å². The van der Waals surface area contributed by atoms with Crippen molar-refractivity contribution < 1.29 is 15.0 Å². The summed E-state index contributed by atoms with van der Waals surface area (Å²) in [7, 11) is 0. The number of aryl methyl sites for hydroxylation is 1. The molecule has 0 saturated heterocycles. The third-order valence-electron chi connectivity index (χ3n) is 5.93. The molecular weight excluding hydrogens is 456 g/mol. The van der Waals surface area contributed by atoms with Crippen LogP contribution >= 0.6 is 23.1 Å². The number of carbonyl (C=O) groups is 1. The fourth-order valence-electron chi connectivity index (χ4n) is 4.24. The molecule has 0 unspecified atom stereocenters. The number of para-hydroxylation sites is 1. The normalized spacial score (nSPS) is 15.5. The van der Waals surface area contributed by atoms with Gasteiger partial charge in [-0.15, -0.1) is 11.3 Å². The van der Waals surface area contributed by atoms with Crippen LogP contribution in [-0.4, -0.2) is 31.3 Å².